The van der Waals surface area contributed by atoms with Gasteiger partial charge in [-0.2, -0.15) is 5.10 Å². The molecule has 0 unspecified atom stereocenters. The molecule has 2 aromatic heterocycles. The number of rotatable bonds is 5. The average molecular weight is 350 g/mol. The molecule has 0 fully saturated rings. The Hall–Kier alpha value is -2.69. The molecule has 3 rings (SSSR count). The molecule has 0 aliphatic carbocycles. The van der Waals surface area contributed by atoms with Crippen LogP contribution in [0.1, 0.15) is 47.1 Å². The van der Waals surface area contributed by atoms with Crippen molar-refractivity contribution in [3.8, 4) is 11.1 Å². The van der Waals surface area contributed by atoms with Crippen LogP contribution >= 0.6 is 0 Å². The molecule has 5 nitrogen and oxygen atoms in total. The van der Waals surface area contributed by atoms with Crippen molar-refractivity contribution in [2.24, 2.45) is 0 Å². The van der Waals surface area contributed by atoms with E-state index >= 15 is 0 Å². The Morgan fingerprint density at radius 3 is 2.69 bits per heavy atom. The summed E-state index contributed by atoms with van der Waals surface area (Å²) in [4.78, 5) is 19.1. The normalized spacial score (nSPS) is 11.1. The van der Waals surface area contributed by atoms with Gasteiger partial charge in [0.05, 0.1) is 17.0 Å². The fourth-order valence-electron chi connectivity index (χ4n) is 3.25. The van der Waals surface area contributed by atoms with Crippen molar-refractivity contribution in [2.45, 2.75) is 40.5 Å². The number of fused-ring (bicyclic) bond motifs is 1. The second kappa shape index (κ2) is 7.28. The van der Waals surface area contributed by atoms with Gasteiger partial charge < -0.3 is 4.90 Å². The summed E-state index contributed by atoms with van der Waals surface area (Å²) >= 11 is 0. The van der Waals surface area contributed by atoms with Gasteiger partial charge in [0.2, 0.25) is 0 Å². The first-order valence-electron chi connectivity index (χ1n) is 9.11. The van der Waals surface area contributed by atoms with Crippen molar-refractivity contribution in [2.75, 3.05) is 13.6 Å². The van der Waals surface area contributed by atoms with Gasteiger partial charge >= 0.3 is 0 Å². The first-order chi connectivity index (χ1) is 12.4. The van der Waals surface area contributed by atoms with E-state index < -0.39 is 0 Å². The predicted molar refractivity (Wildman–Crippen MR) is 105 cm³/mol. The minimum absolute atomic E-state index is 0.00407. The fourth-order valence-corrected chi connectivity index (χ4v) is 3.25. The molecule has 1 aromatic carbocycles. The molecule has 2 heterocycles. The van der Waals surface area contributed by atoms with Crippen LogP contribution in [0.3, 0.4) is 0 Å². The Morgan fingerprint density at radius 2 is 2.00 bits per heavy atom. The summed E-state index contributed by atoms with van der Waals surface area (Å²) in [5, 5.41) is 4.67. The summed E-state index contributed by atoms with van der Waals surface area (Å²) in [6.07, 6.45) is 3.75. The van der Waals surface area contributed by atoms with E-state index in [0.29, 0.717) is 5.56 Å². The maximum atomic E-state index is 12.8. The van der Waals surface area contributed by atoms with Crippen LogP contribution in [0.5, 0.6) is 0 Å². The van der Waals surface area contributed by atoms with Crippen LogP contribution in [0.25, 0.3) is 16.8 Å². The third-order valence-corrected chi connectivity index (χ3v) is 4.79. The second-order valence-corrected chi connectivity index (χ2v) is 6.90. The van der Waals surface area contributed by atoms with Crippen LogP contribution in [0.4, 0.5) is 0 Å². The zero-order valence-corrected chi connectivity index (χ0v) is 16.2. The molecule has 0 atom stereocenters. The highest BCUT2D eigenvalue weighted by Crippen LogP contribution is 2.28. The standard InChI is InChI=1S/C21H26N4O/c1-6-7-11-24(5)21(26)18-13-22-20-19(15(3)23-25(20)16(18)4)17-10-8-9-14(2)12-17/h8-10,12-13H,6-7,11H2,1-5H3. The Kier molecular flexibility index (Phi) is 5.07. The number of nitrogens with zero attached hydrogens (tertiary/aromatic N) is 4. The van der Waals surface area contributed by atoms with E-state index in [4.69, 9.17) is 0 Å². The quantitative estimate of drug-likeness (QED) is 0.693. The zero-order valence-electron chi connectivity index (χ0n) is 16.2. The Balaban J connectivity index is 2.08. The molecular formula is C21H26N4O. The van der Waals surface area contributed by atoms with Crippen LogP contribution < -0.4 is 0 Å². The lowest BCUT2D eigenvalue weighted by atomic mass is 10.0. The molecule has 3 aromatic rings. The molecule has 0 aliphatic rings. The lowest BCUT2D eigenvalue weighted by Crippen LogP contribution is -2.29. The van der Waals surface area contributed by atoms with Gasteiger partial charge in [0, 0.05) is 25.4 Å². The molecule has 0 spiro atoms. The lowest BCUT2D eigenvalue weighted by molar-refractivity contribution is 0.0791. The van der Waals surface area contributed by atoms with Gasteiger partial charge in [0.25, 0.3) is 5.91 Å². The number of carbonyl (C=O) groups excluding carboxylic acids is 1. The van der Waals surface area contributed by atoms with Crippen molar-refractivity contribution >= 4 is 11.6 Å². The predicted octanol–water partition coefficient (Wildman–Crippen LogP) is 4.19. The van der Waals surface area contributed by atoms with E-state index in [0.717, 1.165) is 47.5 Å². The first-order valence-corrected chi connectivity index (χ1v) is 9.11. The van der Waals surface area contributed by atoms with Gasteiger partial charge in [-0.1, -0.05) is 43.2 Å². The molecule has 136 valence electrons. The monoisotopic (exact) mass is 350 g/mol. The van der Waals surface area contributed by atoms with Crippen molar-refractivity contribution in [3.05, 3.63) is 53.0 Å². The third-order valence-electron chi connectivity index (χ3n) is 4.79. The summed E-state index contributed by atoms with van der Waals surface area (Å²) < 4.78 is 1.80. The van der Waals surface area contributed by atoms with Crippen LogP contribution in [0, 0.1) is 20.8 Å². The molecular weight excluding hydrogens is 324 g/mol. The number of unbranched alkanes of at least 4 members (excludes halogenated alkanes) is 1. The van der Waals surface area contributed by atoms with Gasteiger partial charge in [-0.15, -0.1) is 0 Å². The Labute approximate surface area is 154 Å². The lowest BCUT2D eigenvalue weighted by Gasteiger charge is -2.18. The summed E-state index contributed by atoms with van der Waals surface area (Å²) in [6, 6.07) is 8.33. The molecule has 0 radical (unpaired) electrons. The molecule has 1 amide bonds. The van der Waals surface area contributed by atoms with Crippen LogP contribution in [0.2, 0.25) is 0 Å². The summed E-state index contributed by atoms with van der Waals surface area (Å²) in [5.74, 6) is -0.00407. The minimum Gasteiger partial charge on any atom is -0.342 e. The van der Waals surface area contributed by atoms with E-state index in [2.05, 4.69) is 42.1 Å². The van der Waals surface area contributed by atoms with Crippen molar-refractivity contribution < 1.29 is 4.79 Å². The SMILES string of the molecule is CCCCN(C)C(=O)c1cnc2c(-c3cccc(C)c3)c(C)nn2c1C. The number of hydrogen-bond acceptors (Lipinski definition) is 3. The minimum atomic E-state index is -0.00407. The topological polar surface area (TPSA) is 50.5 Å². The Morgan fingerprint density at radius 1 is 1.23 bits per heavy atom. The number of aromatic nitrogens is 3. The van der Waals surface area contributed by atoms with Crippen LogP contribution in [-0.2, 0) is 0 Å². The zero-order chi connectivity index (χ0) is 18.8. The molecule has 5 heteroatoms. The van der Waals surface area contributed by atoms with E-state index in [1.165, 1.54) is 5.56 Å². The van der Waals surface area contributed by atoms with Gasteiger partial charge in [-0.3, -0.25) is 4.79 Å². The van der Waals surface area contributed by atoms with Crippen molar-refractivity contribution in [1.29, 1.82) is 0 Å². The number of carbonyl (C=O) groups is 1. The maximum Gasteiger partial charge on any atom is 0.257 e. The van der Waals surface area contributed by atoms with Crippen LogP contribution in [0.15, 0.2) is 30.5 Å². The molecule has 26 heavy (non-hydrogen) atoms. The summed E-state index contributed by atoms with van der Waals surface area (Å²) in [7, 11) is 1.84. The highest BCUT2D eigenvalue weighted by molar-refractivity contribution is 5.95. The second-order valence-electron chi connectivity index (χ2n) is 6.90. The van der Waals surface area contributed by atoms with Gasteiger partial charge in [-0.25, -0.2) is 9.50 Å². The highest BCUT2D eigenvalue weighted by Gasteiger charge is 2.20. The van der Waals surface area contributed by atoms with E-state index in [9.17, 15) is 4.79 Å². The third kappa shape index (κ3) is 3.21. The largest absolute Gasteiger partial charge is 0.342 e. The van der Waals surface area contributed by atoms with Gasteiger partial charge in [-0.05, 0) is 32.8 Å². The summed E-state index contributed by atoms with van der Waals surface area (Å²) in [6.45, 7) is 8.87. The van der Waals surface area contributed by atoms with E-state index in [1.54, 1.807) is 15.6 Å². The number of aryl methyl sites for hydroxylation is 3. The highest BCUT2D eigenvalue weighted by atomic mass is 16.2. The fraction of sp³-hybridized carbons (Fsp3) is 0.381. The molecule has 0 bridgehead atoms. The number of amides is 1. The number of benzene rings is 1. The maximum absolute atomic E-state index is 12.8. The average Bonchev–Trinajstić information content (AvgIpc) is 2.96. The first kappa shape index (κ1) is 18.1. The summed E-state index contributed by atoms with van der Waals surface area (Å²) in [5.41, 5.74) is 6.45. The molecule has 0 N–H and O–H groups in total. The van der Waals surface area contributed by atoms with Crippen molar-refractivity contribution in [1.82, 2.24) is 19.5 Å². The molecule has 0 aliphatic heterocycles. The molecule has 0 saturated carbocycles. The smallest absolute Gasteiger partial charge is 0.257 e. The van der Waals surface area contributed by atoms with E-state index in [1.807, 2.05) is 27.0 Å². The molecule has 0 saturated heterocycles. The Bertz CT molecular complexity index is 958. The van der Waals surface area contributed by atoms with Gasteiger partial charge in [0.15, 0.2) is 5.65 Å². The number of hydrogen-bond donors (Lipinski definition) is 0. The van der Waals surface area contributed by atoms with Crippen LogP contribution in [-0.4, -0.2) is 39.0 Å². The van der Waals surface area contributed by atoms with Crippen molar-refractivity contribution in [3.63, 3.8) is 0 Å². The van der Waals surface area contributed by atoms with E-state index in [-0.39, 0.29) is 5.91 Å². The van der Waals surface area contributed by atoms with Gasteiger partial charge in [0.1, 0.15) is 0 Å².